The van der Waals surface area contributed by atoms with E-state index in [1.807, 2.05) is 24.4 Å². The average Bonchev–Trinajstić information content (AvgIpc) is 2.67. The number of rotatable bonds is 3. The molecule has 0 radical (unpaired) electrons. The summed E-state index contributed by atoms with van der Waals surface area (Å²) in [7, 11) is 1.59. The highest BCUT2D eigenvalue weighted by atomic mass is 16.6. The molecule has 1 saturated carbocycles. The zero-order valence-electron chi connectivity index (χ0n) is 14.1. The second kappa shape index (κ2) is 7.84. The minimum Gasteiger partial charge on any atom is -0.399 e. The predicted molar refractivity (Wildman–Crippen MR) is 98.9 cm³/mol. The minimum absolute atomic E-state index is 0.272. The predicted octanol–water partition coefficient (Wildman–Crippen LogP) is 5.01. The molecule has 3 rings (SSSR count). The molecule has 0 bridgehead atoms. The van der Waals surface area contributed by atoms with E-state index in [4.69, 9.17) is 4.84 Å². The fraction of sp³-hybridized carbons (Fsp3) is 0.318. The molecule has 2 aromatic rings. The summed E-state index contributed by atoms with van der Waals surface area (Å²) in [5.74, 6) is 7.27. The molecule has 1 fully saturated rings. The zero-order valence-corrected chi connectivity index (χ0v) is 14.1. The average molecular weight is 317 g/mol. The van der Waals surface area contributed by atoms with Crippen LogP contribution in [0.25, 0.3) is 0 Å². The lowest BCUT2D eigenvalue weighted by Gasteiger charge is -2.37. The molecule has 1 aliphatic rings. The molecule has 1 aliphatic carbocycles. The van der Waals surface area contributed by atoms with Gasteiger partial charge in [-0.15, -0.1) is 0 Å². The van der Waals surface area contributed by atoms with E-state index in [1.165, 1.54) is 18.4 Å². The molecule has 0 aliphatic heterocycles. The highest BCUT2D eigenvalue weighted by Gasteiger charge is 2.39. The van der Waals surface area contributed by atoms with Gasteiger partial charge in [0, 0.05) is 11.5 Å². The maximum Gasteiger partial charge on any atom is 0.106 e. The normalized spacial score (nSPS) is 23.5. The molecule has 0 amide bonds. The molecule has 0 N–H and O–H groups in total. The number of nitrogens with zero attached hydrogens (tertiary/aromatic N) is 1. The third-order valence-electron chi connectivity index (χ3n) is 4.76. The van der Waals surface area contributed by atoms with Gasteiger partial charge in [-0.1, -0.05) is 78.4 Å². The highest BCUT2D eigenvalue weighted by Crippen LogP contribution is 2.46. The van der Waals surface area contributed by atoms with Gasteiger partial charge in [-0.2, -0.15) is 0 Å². The third-order valence-corrected chi connectivity index (χ3v) is 4.76. The summed E-state index contributed by atoms with van der Waals surface area (Å²) in [6.07, 6.45) is 6.47. The van der Waals surface area contributed by atoms with Crippen molar-refractivity contribution in [2.45, 2.75) is 31.6 Å². The van der Waals surface area contributed by atoms with Gasteiger partial charge in [0.2, 0.25) is 0 Å². The Kier molecular flexibility index (Phi) is 5.33. The highest BCUT2D eigenvalue weighted by molar-refractivity contribution is 5.73. The first-order valence-electron chi connectivity index (χ1n) is 8.55. The Balaban J connectivity index is 2.02. The van der Waals surface area contributed by atoms with Crippen molar-refractivity contribution >= 4 is 6.21 Å². The number of hydrogen-bond donors (Lipinski definition) is 0. The van der Waals surface area contributed by atoms with E-state index < -0.39 is 0 Å². The standard InChI is InChI=1S/C22H23NO/c1-24-23-18-22(17-15-19-10-4-2-5-11-19)16-9-8-14-21(22)20-12-6-3-7-13-20/h2-7,10-13,18,21H,8-9,14,16H2,1H3/b23-18+. The van der Waals surface area contributed by atoms with Crippen molar-refractivity contribution < 1.29 is 4.84 Å². The fourth-order valence-electron chi connectivity index (χ4n) is 3.54. The summed E-state index contributed by atoms with van der Waals surface area (Å²) in [5.41, 5.74) is 2.10. The molecular weight excluding hydrogens is 294 g/mol. The Hall–Kier alpha value is -2.53. The molecule has 2 aromatic carbocycles. The van der Waals surface area contributed by atoms with Gasteiger partial charge in [-0.05, 0) is 30.5 Å². The third kappa shape index (κ3) is 3.68. The molecular formula is C22H23NO. The molecule has 0 saturated heterocycles. The summed E-state index contributed by atoms with van der Waals surface area (Å²) < 4.78 is 0. The molecule has 122 valence electrons. The van der Waals surface area contributed by atoms with E-state index in [0.717, 1.165) is 18.4 Å². The molecule has 2 heteroatoms. The first-order valence-corrected chi connectivity index (χ1v) is 8.55. The molecule has 0 spiro atoms. The SMILES string of the molecule is CO/N=C/C1(C#Cc2ccccc2)CCCCC1c1ccccc1. The van der Waals surface area contributed by atoms with Crippen LogP contribution in [0.4, 0.5) is 0 Å². The first-order chi connectivity index (χ1) is 11.8. The Labute approximate surface area is 144 Å². The summed E-state index contributed by atoms with van der Waals surface area (Å²) in [5, 5.41) is 4.13. The Bertz CT molecular complexity index is 727. The molecule has 0 heterocycles. The van der Waals surface area contributed by atoms with Crippen LogP contribution in [0.15, 0.2) is 65.8 Å². The van der Waals surface area contributed by atoms with E-state index in [1.54, 1.807) is 7.11 Å². The van der Waals surface area contributed by atoms with E-state index in [2.05, 4.69) is 59.5 Å². The van der Waals surface area contributed by atoms with Crippen molar-refractivity contribution in [3.05, 3.63) is 71.8 Å². The van der Waals surface area contributed by atoms with Crippen molar-refractivity contribution in [3.63, 3.8) is 0 Å². The fourth-order valence-corrected chi connectivity index (χ4v) is 3.54. The number of oxime groups is 1. The van der Waals surface area contributed by atoms with Gasteiger partial charge < -0.3 is 4.84 Å². The van der Waals surface area contributed by atoms with Crippen molar-refractivity contribution in [2.75, 3.05) is 7.11 Å². The van der Waals surface area contributed by atoms with Gasteiger partial charge in [-0.3, -0.25) is 0 Å². The van der Waals surface area contributed by atoms with Crippen molar-refractivity contribution in [2.24, 2.45) is 10.6 Å². The van der Waals surface area contributed by atoms with Crippen LogP contribution in [-0.2, 0) is 4.84 Å². The number of benzene rings is 2. The smallest absolute Gasteiger partial charge is 0.106 e. The van der Waals surface area contributed by atoms with Crippen LogP contribution >= 0.6 is 0 Å². The molecule has 24 heavy (non-hydrogen) atoms. The van der Waals surface area contributed by atoms with E-state index in [-0.39, 0.29) is 5.41 Å². The minimum atomic E-state index is -0.272. The largest absolute Gasteiger partial charge is 0.399 e. The van der Waals surface area contributed by atoms with Crippen LogP contribution < -0.4 is 0 Å². The van der Waals surface area contributed by atoms with Crippen LogP contribution in [0.2, 0.25) is 0 Å². The van der Waals surface area contributed by atoms with Crippen molar-refractivity contribution in [1.29, 1.82) is 0 Å². The van der Waals surface area contributed by atoms with Crippen molar-refractivity contribution in [3.8, 4) is 11.8 Å². The summed E-state index contributed by atoms with van der Waals surface area (Å²) in [6, 6.07) is 20.8. The number of hydrogen-bond acceptors (Lipinski definition) is 2. The maximum absolute atomic E-state index is 5.01. The second-order valence-corrected chi connectivity index (χ2v) is 6.28. The molecule has 0 aromatic heterocycles. The van der Waals surface area contributed by atoms with Crippen LogP contribution in [0, 0.1) is 17.3 Å². The lowest BCUT2D eigenvalue weighted by molar-refractivity contribution is 0.207. The van der Waals surface area contributed by atoms with E-state index in [9.17, 15) is 0 Å². The second-order valence-electron chi connectivity index (χ2n) is 6.28. The Morgan fingerprint density at radius 1 is 1.04 bits per heavy atom. The van der Waals surface area contributed by atoms with Crippen LogP contribution in [0.5, 0.6) is 0 Å². The van der Waals surface area contributed by atoms with Crippen LogP contribution in [0.1, 0.15) is 42.7 Å². The van der Waals surface area contributed by atoms with Crippen molar-refractivity contribution in [1.82, 2.24) is 0 Å². The molecule has 2 nitrogen and oxygen atoms in total. The lowest BCUT2D eigenvalue weighted by Crippen LogP contribution is -2.32. The summed E-state index contributed by atoms with van der Waals surface area (Å²) in [6.45, 7) is 0. The summed E-state index contributed by atoms with van der Waals surface area (Å²) in [4.78, 5) is 5.01. The van der Waals surface area contributed by atoms with Gasteiger partial charge in [0.15, 0.2) is 0 Å². The van der Waals surface area contributed by atoms with E-state index >= 15 is 0 Å². The van der Waals surface area contributed by atoms with Gasteiger partial charge in [-0.25, -0.2) is 0 Å². The van der Waals surface area contributed by atoms with Crippen LogP contribution in [-0.4, -0.2) is 13.3 Å². The van der Waals surface area contributed by atoms with Gasteiger partial charge in [0.1, 0.15) is 7.11 Å². The topological polar surface area (TPSA) is 21.6 Å². The molecule has 2 unspecified atom stereocenters. The zero-order chi connectivity index (χ0) is 16.7. The van der Waals surface area contributed by atoms with Gasteiger partial charge >= 0.3 is 0 Å². The van der Waals surface area contributed by atoms with Gasteiger partial charge in [0.05, 0.1) is 11.6 Å². The Morgan fingerprint density at radius 3 is 2.46 bits per heavy atom. The first kappa shape index (κ1) is 16.3. The molecule has 2 atom stereocenters. The monoisotopic (exact) mass is 317 g/mol. The summed E-state index contributed by atoms with van der Waals surface area (Å²) >= 11 is 0. The quantitative estimate of drug-likeness (QED) is 0.443. The van der Waals surface area contributed by atoms with E-state index in [0.29, 0.717) is 5.92 Å². The lowest BCUT2D eigenvalue weighted by atomic mass is 9.64. The van der Waals surface area contributed by atoms with Gasteiger partial charge in [0.25, 0.3) is 0 Å². The van der Waals surface area contributed by atoms with Crippen LogP contribution in [0.3, 0.4) is 0 Å². The maximum atomic E-state index is 5.01. The Morgan fingerprint density at radius 2 is 1.75 bits per heavy atom.